The third kappa shape index (κ3) is 2.72. The first kappa shape index (κ1) is 22.2. The van der Waals surface area contributed by atoms with Gasteiger partial charge in [0.15, 0.2) is 11.2 Å². The highest BCUT2D eigenvalue weighted by atomic mass is 19.1. The summed E-state index contributed by atoms with van der Waals surface area (Å²) in [6, 6.07) is -1.94. The van der Waals surface area contributed by atoms with E-state index < -0.39 is 59.3 Å². The van der Waals surface area contributed by atoms with Gasteiger partial charge in [-0.15, -0.1) is 0 Å². The predicted octanol–water partition coefficient (Wildman–Crippen LogP) is 0.799. The standard InChI is InChI=1S/C22H19FN6O7/c1-8-6-28-14-12(3-10-5-25-36-15(10)13(14)23)17(29-7-11(4-24-29)18(30)31)22(16(28)9(2)35-8)19(32)26-21(34)27-20(22)33/h3-5,7-9,16-17H,6H2,1-2H3,(H,30,31)(H2,26,27,32,33,34)/t8-,9+,16-,17?/m1/s1. The maximum absolute atomic E-state index is 16.0. The lowest BCUT2D eigenvalue weighted by molar-refractivity contribution is -0.157. The summed E-state index contributed by atoms with van der Waals surface area (Å²) in [4.78, 5) is 52.8. The Morgan fingerprint density at radius 1 is 1.22 bits per heavy atom. The van der Waals surface area contributed by atoms with E-state index in [-0.39, 0.29) is 34.3 Å². The number of amides is 4. The molecule has 6 rings (SSSR count). The van der Waals surface area contributed by atoms with Crippen molar-refractivity contribution in [3.8, 4) is 0 Å². The van der Waals surface area contributed by atoms with E-state index in [0.29, 0.717) is 0 Å². The first-order valence-electron chi connectivity index (χ1n) is 11.1. The molecule has 3 aromatic rings. The average Bonchev–Trinajstić information content (AvgIpc) is 3.46. The molecule has 1 unspecified atom stereocenters. The molecule has 2 aromatic heterocycles. The Kier molecular flexibility index (Phi) is 4.51. The van der Waals surface area contributed by atoms with E-state index in [2.05, 4.69) is 20.9 Å². The van der Waals surface area contributed by atoms with E-state index >= 15 is 4.39 Å². The van der Waals surface area contributed by atoms with E-state index in [9.17, 15) is 24.3 Å². The summed E-state index contributed by atoms with van der Waals surface area (Å²) in [5.74, 6) is -3.93. The second kappa shape index (κ2) is 7.34. The fourth-order valence-corrected chi connectivity index (χ4v) is 5.87. The van der Waals surface area contributed by atoms with E-state index in [1.54, 1.807) is 18.7 Å². The van der Waals surface area contributed by atoms with Crippen LogP contribution in [0.15, 0.2) is 29.2 Å². The highest BCUT2D eigenvalue weighted by Crippen LogP contribution is 2.55. The van der Waals surface area contributed by atoms with Gasteiger partial charge in [0.1, 0.15) is 6.04 Å². The van der Waals surface area contributed by atoms with Gasteiger partial charge in [0.2, 0.25) is 17.4 Å². The van der Waals surface area contributed by atoms with Crippen LogP contribution in [0.5, 0.6) is 0 Å². The number of hydrogen-bond acceptors (Lipinski definition) is 9. The number of halogens is 1. The summed E-state index contributed by atoms with van der Waals surface area (Å²) in [7, 11) is 0. The average molecular weight is 498 g/mol. The molecule has 1 spiro atoms. The number of ether oxygens (including phenoxy) is 1. The number of aromatic nitrogens is 3. The number of benzene rings is 1. The Bertz CT molecular complexity index is 1460. The zero-order chi connectivity index (χ0) is 25.5. The van der Waals surface area contributed by atoms with Crippen molar-refractivity contribution < 1.29 is 37.9 Å². The van der Waals surface area contributed by atoms with Gasteiger partial charge in [-0.1, -0.05) is 5.16 Å². The number of hydrogen-bond donors (Lipinski definition) is 3. The van der Waals surface area contributed by atoms with Crippen LogP contribution in [0.4, 0.5) is 14.9 Å². The van der Waals surface area contributed by atoms with Crippen molar-refractivity contribution in [3.63, 3.8) is 0 Å². The molecule has 0 bridgehead atoms. The van der Waals surface area contributed by atoms with Crippen molar-refractivity contribution in [2.24, 2.45) is 5.41 Å². The van der Waals surface area contributed by atoms with Crippen LogP contribution >= 0.6 is 0 Å². The molecule has 14 heteroatoms. The number of fused-ring (bicyclic) bond motifs is 5. The number of urea groups is 1. The van der Waals surface area contributed by atoms with E-state index in [1.807, 2.05) is 0 Å². The smallest absolute Gasteiger partial charge is 0.338 e. The number of imide groups is 2. The minimum Gasteiger partial charge on any atom is -0.478 e. The number of rotatable bonds is 2. The molecule has 186 valence electrons. The number of nitrogens with one attached hydrogen (secondary N) is 2. The Labute approximate surface area is 201 Å². The molecular formula is C22H19FN6O7. The van der Waals surface area contributed by atoms with Crippen LogP contribution in [0, 0.1) is 11.2 Å². The molecule has 3 aliphatic heterocycles. The summed E-state index contributed by atoms with van der Waals surface area (Å²) >= 11 is 0. The normalized spacial score (nSPS) is 27.0. The van der Waals surface area contributed by atoms with Crippen molar-refractivity contribution in [2.45, 2.75) is 38.1 Å². The predicted molar refractivity (Wildman–Crippen MR) is 117 cm³/mol. The lowest BCUT2D eigenvalue weighted by atomic mass is 9.63. The molecule has 3 N–H and O–H groups in total. The number of carboxylic acids is 1. The third-order valence-electron chi connectivity index (χ3n) is 7.07. The minimum atomic E-state index is -2.10. The van der Waals surface area contributed by atoms with Gasteiger partial charge in [-0.25, -0.2) is 14.0 Å². The second-order valence-corrected chi connectivity index (χ2v) is 9.14. The summed E-state index contributed by atoms with van der Waals surface area (Å²) in [6.07, 6.45) is 2.30. The van der Waals surface area contributed by atoms with Gasteiger partial charge in [-0.05, 0) is 19.9 Å². The van der Waals surface area contributed by atoms with Gasteiger partial charge in [0.05, 0.1) is 41.9 Å². The van der Waals surface area contributed by atoms with E-state index in [4.69, 9.17) is 9.26 Å². The number of carbonyl (C=O) groups is 4. The number of aromatic carboxylic acids is 1. The second-order valence-electron chi connectivity index (χ2n) is 9.14. The van der Waals surface area contributed by atoms with Gasteiger partial charge < -0.3 is 19.3 Å². The molecule has 0 aliphatic carbocycles. The van der Waals surface area contributed by atoms with Crippen molar-refractivity contribution in [1.29, 1.82) is 0 Å². The lowest BCUT2D eigenvalue weighted by Gasteiger charge is -2.57. The summed E-state index contributed by atoms with van der Waals surface area (Å²) in [6.45, 7) is 3.53. The zero-order valence-electron chi connectivity index (χ0n) is 18.9. The maximum atomic E-state index is 16.0. The molecule has 0 saturated carbocycles. The van der Waals surface area contributed by atoms with Crippen LogP contribution in [-0.4, -0.2) is 68.7 Å². The third-order valence-corrected chi connectivity index (χ3v) is 7.07. The van der Waals surface area contributed by atoms with Crippen molar-refractivity contribution in [1.82, 2.24) is 25.6 Å². The fourth-order valence-electron chi connectivity index (χ4n) is 5.87. The summed E-state index contributed by atoms with van der Waals surface area (Å²) in [5.41, 5.74) is -2.21. The lowest BCUT2D eigenvalue weighted by Crippen LogP contribution is -2.77. The van der Waals surface area contributed by atoms with E-state index in [1.165, 1.54) is 12.3 Å². The van der Waals surface area contributed by atoms with Crippen LogP contribution in [-0.2, 0) is 14.3 Å². The van der Waals surface area contributed by atoms with E-state index in [0.717, 1.165) is 17.1 Å². The van der Waals surface area contributed by atoms with Gasteiger partial charge in [0.25, 0.3) is 0 Å². The molecule has 2 saturated heterocycles. The maximum Gasteiger partial charge on any atom is 0.338 e. The van der Waals surface area contributed by atoms with Crippen LogP contribution < -0.4 is 15.5 Å². The van der Waals surface area contributed by atoms with Crippen molar-refractivity contribution in [3.05, 3.63) is 41.6 Å². The Morgan fingerprint density at radius 3 is 2.61 bits per heavy atom. The summed E-state index contributed by atoms with van der Waals surface area (Å²) < 4.78 is 28.3. The minimum absolute atomic E-state index is 0.0479. The van der Waals surface area contributed by atoms with Crippen LogP contribution in [0.3, 0.4) is 0 Å². The highest BCUT2D eigenvalue weighted by Gasteiger charge is 2.69. The Morgan fingerprint density at radius 2 is 1.94 bits per heavy atom. The Balaban J connectivity index is 1.74. The highest BCUT2D eigenvalue weighted by molar-refractivity contribution is 6.21. The van der Waals surface area contributed by atoms with Crippen LogP contribution in [0.2, 0.25) is 0 Å². The largest absolute Gasteiger partial charge is 0.478 e. The van der Waals surface area contributed by atoms with Gasteiger partial charge in [-0.3, -0.25) is 24.9 Å². The van der Waals surface area contributed by atoms with Crippen LogP contribution in [0.1, 0.15) is 35.8 Å². The number of carbonyl (C=O) groups excluding carboxylic acids is 3. The topological polar surface area (TPSA) is 169 Å². The zero-order valence-corrected chi connectivity index (χ0v) is 18.9. The molecule has 2 fully saturated rings. The molecule has 36 heavy (non-hydrogen) atoms. The molecule has 4 atom stereocenters. The molecule has 13 nitrogen and oxygen atoms in total. The monoisotopic (exact) mass is 498 g/mol. The SMILES string of the molecule is C[C@@H]1CN2c3c(cc4cnoc4c3F)C(n3cc(C(=O)O)cn3)C3(C(=O)NC(=O)NC3=O)[C@H]2[C@H](C)O1. The number of morpholine rings is 1. The van der Waals surface area contributed by atoms with Crippen LogP contribution in [0.25, 0.3) is 11.0 Å². The first-order chi connectivity index (χ1) is 17.1. The van der Waals surface area contributed by atoms with Gasteiger partial charge in [0, 0.05) is 23.7 Å². The fraction of sp³-hybridized carbons (Fsp3) is 0.364. The van der Waals surface area contributed by atoms with Crippen molar-refractivity contribution >= 4 is 40.5 Å². The van der Waals surface area contributed by atoms with Gasteiger partial charge >= 0.3 is 12.0 Å². The Hall–Kier alpha value is -4.33. The number of anilines is 1. The number of nitrogens with zero attached hydrogens (tertiary/aromatic N) is 4. The molecule has 0 radical (unpaired) electrons. The summed E-state index contributed by atoms with van der Waals surface area (Å²) in [5, 5.41) is 21.9. The number of carboxylic acid groups (broad SMARTS) is 1. The molecule has 4 amide bonds. The quantitative estimate of drug-likeness (QED) is 0.430. The van der Waals surface area contributed by atoms with Crippen molar-refractivity contribution in [2.75, 3.05) is 11.4 Å². The number of barbiturate groups is 1. The van der Waals surface area contributed by atoms with Gasteiger partial charge in [-0.2, -0.15) is 5.10 Å². The molecular weight excluding hydrogens is 479 g/mol. The molecule has 1 aromatic carbocycles. The molecule has 5 heterocycles. The first-order valence-corrected chi connectivity index (χ1v) is 11.1. The molecule has 3 aliphatic rings.